The smallest absolute Gasteiger partial charge is 0.338 e. The monoisotopic (exact) mass is 350 g/mol. The first-order valence-electron chi connectivity index (χ1n) is 7.21. The van der Waals surface area contributed by atoms with E-state index in [0.29, 0.717) is 0 Å². The Kier molecular flexibility index (Phi) is 5.69. The fourth-order valence-corrected chi connectivity index (χ4v) is 3.00. The summed E-state index contributed by atoms with van der Waals surface area (Å²) >= 11 is 0. The third-order valence-corrected chi connectivity index (χ3v) is 4.24. The van der Waals surface area contributed by atoms with Crippen LogP contribution in [-0.4, -0.2) is 57.1 Å². The summed E-state index contributed by atoms with van der Waals surface area (Å²) in [5, 5.41) is 32.9. The van der Waals surface area contributed by atoms with Crippen LogP contribution in [0.4, 0.5) is 0 Å². The van der Waals surface area contributed by atoms with Crippen LogP contribution < -0.4 is 23.5 Å². The molecule has 132 valence electrons. The second-order valence-electron chi connectivity index (χ2n) is 6.53. The Bertz CT molecular complexity index is 533. The van der Waals surface area contributed by atoms with Crippen LogP contribution in [0.2, 0.25) is 0 Å². The van der Waals surface area contributed by atoms with Gasteiger partial charge in [-0.05, 0) is 20.8 Å². The van der Waals surface area contributed by atoms with Crippen LogP contribution >= 0.6 is 0 Å². The van der Waals surface area contributed by atoms with Crippen molar-refractivity contribution in [1.82, 2.24) is 5.32 Å². The first-order chi connectivity index (χ1) is 10.1. The van der Waals surface area contributed by atoms with E-state index >= 15 is 0 Å². The molecule has 1 aliphatic carbocycles. The number of quaternary nitrogens is 1. The number of cyclic esters (lactones) is 1. The first kappa shape index (κ1) is 19.7. The van der Waals surface area contributed by atoms with Gasteiger partial charge < -0.3 is 43.5 Å². The molecule has 1 amide bonds. The van der Waals surface area contributed by atoms with Crippen molar-refractivity contribution in [2.45, 2.75) is 57.1 Å². The Morgan fingerprint density at radius 3 is 2.52 bits per heavy atom. The molecule has 23 heavy (non-hydrogen) atoms. The number of rotatable bonds is 2. The lowest BCUT2D eigenvalue weighted by molar-refractivity contribution is -0.398. The number of aliphatic hydroxyl groups is 3. The molecule has 0 aromatic rings. The minimum Gasteiger partial charge on any atom is -1.00 e. The molecule has 8 nitrogen and oxygen atoms in total. The molecule has 0 saturated carbocycles. The predicted molar refractivity (Wildman–Crippen MR) is 74.2 cm³/mol. The van der Waals surface area contributed by atoms with Gasteiger partial charge in [-0.3, -0.25) is 4.79 Å². The first-order valence-corrected chi connectivity index (χ1v) is 7.21. The molecule has 1 saturated heterocycles. The fraction of sp³-hybridized carbons (Fsp3) is 0.714. The summed E-state index contributed by atoms with van der Waals surface area (Å²) in [6.45, 7) is 4.81. The average Bonchev–Trinajstić information content (AvgIpc) is 2.37. The topological polar surface area (TPSA) is 144 Å². The average molecular weight is 351 g/mol. The van der Waals surface area contributed by atoms with E-state index in [2.05, 4.69) is 11.1 Å². The fourth-order valence-electron chi connectivity index (χ4n) is 3.00. The molecule has 0 bridgehead atoms. The van der Waals surface area contributed by atoms with Crippen LogP contribution in [0.3, 0.4) is 0 Å². The van der Waals surface area contributed by atoms with Crippen molar-refractivity contribution in [3.63, 3.8) is 0 Å². The number of carbonyl (C=O) groups is 2. The number of ether oxygens (including phenoxy) is 1. The van der Waals surface area contributed by atoms with E-state index in [1.807, 2.05) is 0 Å². The molecular formula is C14H23ClN2O6. The van der Waals surface area contributed by atoms with Crippen LogP contribution in [-0.2, 0) is 14.3 Å². The molecule has 2 rings (SSSR count). The lowest BCUT2D eigenvalue weighted by atomic mass is 9.71. The molecule has 5 atom stereocenters. The van der Waals surface area contributed by atoms with Crippen molar-refractivity contribution < 1.29 is 47.8 Å². The molecule has 1 fully saturated rings. The number of fused-ring (bicyclic) bond motifs is 1. The minimum atomic E-state index is -1.29. The van der Waals surface area contributed by atoms with E-state index in [4.69, 9.17) is 4.74 Å². The summed E-state index contributed by atoms with van der Waals surface area (Å²) in [5.74, 6) is -2.37. The van der Waals surface area contributed by atoms with Crippen LogP contribution in [0, 0.1) is 5.92 Å². The molecule has 1 aliphatic heterocycles. The van der Waals surface area contributed by atoms with Crippen molar-refractivity contribution in [2.75, 3.05) is 0 Å². The number of amides is 1. The third-order valence-electron chi connectivity index (χ3n) is 4.24. The third kappa shape index (κ3) is 3.45. The SMILES string of the molecule is CC([NH3+])C(=O)N[C@@H]1[C@H]2C(=C(O)C[C@@H](O)[C@@H]2O)C(=O)OC1(C)C.[Cl-]. The Morgan fingerprint density at radius 1 is 1.43 bits per heavy atom. The Morgan fingerprint density at radius 2 is 2.00 bits per heavy atom. The highest BCUT2D eigenvalue weighted by molar-refractivity contribution is 5.92. The van der Waals surface area contributed by atoms with Crippen molar-refractivity contribution >= 4 is 11.9 Å². The second kappa shape index (κ2) is 6.64. The van der Waals surface area contributed by atoms with E-state index in [9.17, 15) is 24.9 Å². The highest BCUT2D eigenvalue weighted by Gasteiger charge is 2.55. The molecule has 1 heterocycles. The van der Waals surface area contributed by atoms with Gasteiger partial charge >= 0.3 is 5.97 Å². The molecule has 0 aromatic heterocycles. The molecule has 0 spiro atoms. The summed E-state index contributed by atoms with van der Waals surface area (Å²) in [5.41, 5.74) is 2.44. The number of esters is 1. The molecule has 1 unspecified atom stereocenters. The van der Waals surface area contributed by atoms with E-state index in [-0.39, 0.29) is 36.1 Å². The lowest BCUT2D eigenvalue weighted by Crippen LogP contribution is -3.00. The van der Waals surface area contributed by atoms with Crippen molar-refractivity contribution in [2.24, 2.45) is 5.92 Å². The summed E-state index contributed by atoms with van der Waals surface area (Å²) < 4.78 is 5.31. The molecular weight excluding hydrogens is 328 g/mol. The van der Waals surface area contributed by atoms with Gasteiger partial charge in [0.15, 0.2) is 6.04 Å². The maximum absolute atomic E-state index is 12.1. The van der Waals surface area contributed by atoms with Crippen LogP contribution in [0.1, 0.15) is 27.2 Å². The summed E-state index contributed by atoms with van der Waals surface area (Å²) in [6, 6.07) is -1.33. The normalized spacial score (nSPS) is 33.9. The number of hydrogen-bond donors (Lipinski definition) is 5. The highest BCUT2D eigenvalue weighted by Crippen LogP contribution is 2.41. The number of halogens is 1. The number of aliphatic hydroxyl groups excluding tert-OH is 3. The maximum Gasteiger partial charge on any atom is 0.338 e. The Hall–Kier alpha value is -1.35. The van der Waals surface area contributed by atoms with Gasteiger partial charge in [0.1, 0.15) is 11.4 Å². The summed E-state index contributed by atoms with van der Waals surface area (Å²) in [7, 11) is 0. The summed E-state index contributed by atoms with van der Waals surface area (Å²) in [6.07, 6.45) is -2.73. The predicted octanol–water partition coefficient (Wildman–Crippen LogP) is -5.01. The van der Waals surface area contributed by atoms with Crippen molar-refractivity contribution in [1.29, 1.82) is 0 Å². The zero-order chi connectivity index (χ0) is 16.8. The maximum atomic E-state index is 12.1. The van der Waals surface area contributed by atoms with E-state index in [1.54, 1.807) is 20.8 Å². The van der Waals surface area contributed by atoms with Gasteiger partial charge in [-0.25, -0.2) is 4.79 Å². The van der Waals surface area contributed by atoms with Crippen molar-refractivity contribution in [3.05, 3.63) is 11.3 Å². The molecule has 2 aliphatic rings. The van der Waals surface area contributed by atoms with Gasteiger partial charge in [-0.1, -0.05) is 0 Å². The van der Waals surface area contributed by atoms with E-state index < -0.39 is 41.8 Å². The van der Waals surface area contributed by atoms with Crippen molar-refractivity contribution in [3.8, 4) is 0 Å². The van der Waals surface area contributed by atoms with Crippen LogP contribution in [0.5, 0.6) is 0 Å². The molecule has 0 aromatic carbocycles. The Balaban J connectivity index is 0.00000264. The van der Waals surface area contributed by atoms with E-state index in [0.717, 1.165) is 0 Å². The number of nitrogens with one attached hydrogen (secondary N) is 1. The quantitative estimate of drug-likeness (QED) is 0.315. The van der Waals surface area contributed by atoms with Crippen LogP contribution in [0.15, 0.2) is 11.3 Å². The zero-order valence-corrected chi connectivity index (χ0v) is 14.0. The molecule has 9 heteroatoms. The number of carbonyl (C=O) groups excluding carboxylic acids is 2. The minimum absolute atomic E-state index is 0. The van der Waals surface area contributed by atoms with Gasteiger partial charge in [0, 0.05) is 12.3 Å². The number of hydrogen-bond acceptors (Lipinski definition) is 6. The highest BCUT2D eigenvalue weighted by atomic mass is 35.5. The molecule has 7 N–H and O–H groups in total. The molecule has 0 radical (unpaired) electrons. The van der Waals surface area contributed by atoms with Crippen LogP contribution in [0.25, 0.3) is 0 Å². The second-order valence-corrected chi connectivity index (χ2v) is 6.53. The van der Waals surface area contributed by atoms with Gasteiger partial charge in [0.2, 0.25) is 0 Å². The largest absolute Gasteiger partial charge is 1.00 e. The van der Waals surface area contributed by atoms with Gasteiger partial charge in [-0.2, -0.15) is 0 Å². The van der Waals surface area contributed by atoms with Gasteiger partial charge in [-0.15, -0.1) is 0 Å². The standard InChI is InChI=1S/C14H22N2O6.ClH/c1-5(15)12(20)16-11-9-8(13(21)22-14(11,2)3)6(17)4-7(18)10(9)19;/h5,7,9-11,17-19H,4,15H2,1-3H3,(H,16,20);1H/t5?,7-,9+,10+,11-;/m1./s1. The van der Waals surface area contributed by atoms with E-state index in [1.165, 1.54) is 0 Å². The van der Waals surface area contributed by atoms with Gasteiger partial charge in [0.25, 0.3) is 5.91 Å². The van der Waals surface area contributed by atoms with Gasteiger partial charge in [0.05, 0.1) is 23.8 Å². The lowest BCUT2D eigenvalue weighted by Gasteiger charge is -2.48. The summed E-state index contributed by atoms with van der Waals surface area (Å²) in [4.78, 5) is 24.1. The zero-order valence-electron chi connectivity index (χ0n) is 13.2. The Labute approximate surface area is 140 Å².